The lowest BCUT2D eigenvalue weighted by Crippen LogP contribution is -2.24. The first kappa shape index (κ1) is 19.6. The van der Waals surface area contributed by atoms with Crippen LogP contribution in [-0.4, -0.2) is 23.2 Å². The van der Waals surface area contributed by atoms with Gasteiger partial charge >= 0.3 is 0 Å². The van der Waals surface area contributed by atoms with Gasteiger partial charge in [0.05, 0.1) is 11.4 Å². The largest absolute Gasteiger partial charge is 0.271 e. The van der Waals surface area contributed by atoms with Crippen molar-refractivity contribution in [3.8, 4) is 0 Å². The number of halogens is 2. The Morgan fingerprint density at radius 2 is 1.00 bits per heavy atom. The number of carbonyl (C=O) groups is 2. The van der Waals surface area contributed by atoms with Gasteiger partial charge in [0, 0.05) is 21.2 Å². The molecule has 0 saturated carbocycles. The molecule has 0 heterocycles. The Bertz CT molecular complexity index is 786. The SMILES string of the molecule is CC(=N\NC(=O)c1ccc(Cl)cc1)/C(C)=N/NC(=O)c1ccc(Cl)cc1. The van der Waals surface area contributed by atoms with E-state index in [2.05, 4.69) is 21.1 Å². The molecule has 0 aromatic heterocycles. The Kier molecular flexibility index (Phi) is 6.89. The molecule has 0 unspecified atom stereocenters. The van der Waals surface area contributed by atoms with Crippen LogP contribution in [0.5, 0.6) is 0 Å². The van der Waals surface area contributed by atoms with Gasteiger partial charge in [-0.2, -0.15) is 10.2 Å². The number of hydrazone groups is 2. The van der Waals surface area contributed by atoms with Gasteiger partial charge in [-0.3, -0.25) is 9.59 Å². The van der Waals surface area contributed by atoms with Crippen LogP contribution in [0.15, 0.2) is 58.7 Å². The van der Waals surface area contributed by atoms with Crippen LogP contribution < -0.4 is 10.9 Å². The van der Waals surface area contributed by atoms with E-state index in [9.17, 15) is 9.59 Å². The second-order valence-electron chi connectivity index (χ2n) is 5.29. The fourth-order valence-electron chi connectivity index (χ4n) is 1.76. The molecular formula is C18H16Cl2N4O2. The van der Waals surface area contributed by atoms with Gasteiger partial charge in [-0.1, -0.05) is 23.2 Å². The molecule has 0 spiro atoms. The van der Waals surface area contributed by atoms with Crippen LogP contribution in [0.3, 0.4) is 0 Å². The molecule has 26 heavy (non-hydrogen) atoms. The first-order valence-electron chi connectivity index (χ1n) is 7.57. The van der Waals surface area contributed by atoms with Gasteiger partial charge in [0.1, 0.15) is 0 Å². The summed E-state index contributed by atoms with van der Waals surface area (Å²) < 4.78 is 0. The highest BCUT2D eigenvalue weighted by Gasteiger charge is 2.07. The highest BCUT2D eigenvalue weighted by molar-refractivity contribution is 6.40. The standard InChI is InChI=1S/C18H16Cl2N4O2/c1-11(21-23-17(25)13-3-7-15(19)8-4-13)12(2)22-24-18(26)14-5-9-16(20)10-6-14/h3-10H,1-2H3,(H,23,25)(H,24,26)/b21-11+,22-12+. The number of hydrogen-bond donors (Lipinski definition) is 2. The average Bonchev–Trinajstić information content (AvgIpc) is 2.64. The Morgan fingerprint density at radius 1 is 0.692 bits per heavy atom. The van der Waals surface area contributed by atoms with E-state index in [4.69, 9.17) is 23.2 Å². The average molecular weight is 391 g/mol. The molecule has 0 atom stereocenters. The molecule has 0 aliphatic rings. The van der Waals surface area contributed by atoms with E-state index >= 15 is 0 Å². The maximum absolute atomic E-state index is 12.0. The van der Waals surface area contributed by atoms with E-state index in [1.807, 2.05) is 0 Å². The van der Waals surface area contributed by atoms with E-state index < -0.39 is 0 Å². The topological polar surface area (TPSA) is 82.9 Å². The quantitative estimate of drug-likeness (QED) is 0.599. The third-order valence-electron chi connectivity index (χ3n) is 3.39. The van der Waals surface area contributed by atoms with Crippen molar-refractivity contribution in [1.82, 2.24) is 10.9 Å². The molecule has 2 amide bonds. The minimum atomic E-state index is -0.376. The third kappa shape index (κ3) is 5.68. The first-order valence-corrected chi connectivity index (χ1v) is 8.33. The molecule has 0 aliphatic heterocycles. The fraction of sp³-hybridized carbons (Fsp3) is 0.111. The summed E-state index contributed by atoms with van der Waals surface area (Å²) in [7, 11) is 0. The third-order valence-corrected chi connectivity index (χ3v) is 3.89. The van der Waals surface area contributed by atoms with Crippen molar-refractivity contribution < 1.29 is 9.59 Å². The van der Waals surface area contributed by atoms with Crippen molar-refractivity contribution in [3.05, 3.63) is 69.7 Å². The van der Waals surface area contributed by atoms with Crippen molar-refractivity contribution in [1.29, 1.82) is 0 Å². The molecule has 134 valence electrons. The number of hydrogen-bond acceptors (Lipinski definition) is 4. The van der Waals surface area contributed by atoms with Crippen molar-refractivity contribution in [3.63, 3.8) is 0 Å². The summed E-state index contributed by atoms with van der Waals surface area (Å²) in [5.41, 5.74) is 6.60. The highest BCUT2D eigenvalue weighted by atomic mass is 35.5. The second-order valence-corrected chi connectivity index (χ2v) is 6.16. The van der Waals surface area contributed by atoms with Crippen molar-refractivity contribution >= 4 is 46.4 Å². The van der Waals surface area contributed by atoms with E-state index in [1.54, 1.807) is 62.4 Å². The molecule has 0 aliphatic carbocycles. The second kappa shape index (κ2) is 9.12. The molecule has 0 radical (unpaired) electrons. The van der Waals surface area contributed by atoms with Crippen LogP contribution >= 0.6 is 23.2 Å². The zero-order valence-corrected chi connectivity index (χ0v) is 15.6. The summed E-state index contributed by atoms with van der Waals surface area (Å²) in [6.07, 6.45) is 0. The lowest BCUT2D eigenvalue weighted by Gasteiger charge is -2.04. The number of nitrogens with one attached hydrogen (secondary N) is 2. The summed E-state index contributed by atoms with van der Waals surface area (Å²) in [6, 6.07) is 12.8. The van der Waals surface area contributed by atoms with Crippen LogP contribution in [0.2, 0.25) is 10.0 Å². The predicted octanol–water partition coefficient (Wildman–Crippen LogP) is 3.91. The molecule has 2 rings (SSSR count). The molecule has 2 aromatic carbocycles. The highest BCUT2D eigenvalue weighted by Crippen LogP contribution is 2.10. The summed E-state index contributed by atoms with van der Waals surface area (Å²) in [5.74, 6) is -0.752. The molecule has 8 heteroatoms. The minimum Gasteiger partial charge on any atom is -0.267 e. The molecule has 2 N–H and O–H groups in total. The minimum absolute atomic E-state index is 0.376. The molecule has 0 fully saturated rings. The van der Waals surface area contributed by atoms with Gasteiger partial charge in [-0.15, -0.1) is 0 Å². The Morgan fingerprint density at radius 3 is 1.31 bits per heavy atom. The monoisotopic (exact) mass is 390 g/mol. The van der Waals surface area contributed by atoms with Crippen LogP contribution in [0.25, 0.3) is 0 Å². The molecular weight excluding hydrogens is 375 g/mol. The maximum atomic E-state index is 12.0. The lowest BCUT2D eigenvalue weighted by atomic mass is 10.2. The van der Waals surface area contributed by atoms with Gasteiger partial charge in [0.2, 0.25) is 0 Å². The van der Waals surface area contributed by atoms with Crippen LogP contribution in [0, 0.1) is 0 Å². The number of rotatable bonds is 5. The lowest BCUT2D eigenvalue weighted by molar-refractivity contribution is 0.0946. The van der Waals surface area contributed by atoms with Gasteiger partial charge < -0.3 is 0 Å². The van der Waals surface area contributed by atoms with Gasteiger partial charge in [0.25, 0.3) is 11.8 Å². The maximum Gasteiger partial charge on any atom is 0.271 e. The Hall–Kier alpha value is -2.70. The molecule has 2 aromatic rings. The number of amides is 2. The van der Waals surface area contributed by atoms with Gasteiger partial charge in [0.15, 0.2) is 0 Å². The number of carbonyl (C=O) groups excluding carboxylic acids is 2. The Labute approximate surface area is 160 Å². The smallest absolute Gasteiger partial charge is 0.267 e. The van der Waals surface area contributed by atoms with Crippen LogP contribution in [0.4, 0.5) is 0 Å². The van der Waals surface area contributed by atoms with Gasteiger partial charge in [-0.25, -0.2) is 10.9 Å². The van der Waals surface area contributed by atoms with E-state index in [1.165, 1.54) is 0 Å². The summed E-state index contributed by atoms with van der Waals surface area (Å²) in [4.78, 5) is 24.0. The molecule has 0 saturated heterocycles. The van der Waals surface area contributed by atoms with Gasteiger partial charge in [-0.05, 0) is 62.4 Å². The number of nitrogens with zero attached hydrogens (tertiary/aromatic N) is 2. The van der Waals surface area contributed by atoms with E-state index in [0.29, 0.717) is 32.6 Å². The predicted molar refractivity (Wildman–Crippen MR) is 104 cm³/mol. The van der Waals surface area contributed by atoms with Crippen molar-refractivity contribution in [2.24, 2.45) is 10.2 Å². The van der Waals surface area contributed by atoms with E-state index in [0.717, 1.165) is 0 Å². The summed E-state index contributed by atoms with van der Waals surface area (Å²) in [6.45, 7) is 3.32. The van der Waals surface area contributed by atoms with Crippen LogP contribution in [-0.2, 0) is 0 Å². The fourth-order valence-corrected chi connectivity index (χ4v) is 2.01. The van der Waals surface area contributed by atoms with Crippen molar-refractivity contribution in [2.45, 2.75) is 13.8 Å². The zero-order chi connectivity index (χ0) is 19.1. The summed E-state index contributed by atoms with van der Waals surface area (Å²) >= 11 is 11.6. The zero-order valence-electron chi connectivity index (χ0n) is 14.1. The van der Waals surface area contributed by atoms with Crippen molar-refractivity contribution in [2.75, 3.05) is 0 Å². The van der Waals surface area contributed by atoms with Crippen LogP contribution in [0.1, 0.15) is 34.6 Å². The van der Waals surface area contributed by atoms with E-state index in [-0.39, 0.29) is 11.8 Å². The summed E-state index contributed by atoms with van der Waals surface area (Å²) in [5, 5.41) is 9.02. The first-order chi connectivity index (χ1) is 12.4. The molecule has 6 nitrogen and oxygen atoms in total. The molecule has 0 bridgehead atoms. The normalized spacial score (nSPS) is 11.8. The Balaban J connectivity index is 1.95. The number of benzene rings is 2.